The van der Waals surface area contributed by atoms with Crippen LogP contribution in [-0.4, -0.2) is 38.7 Å². The van der Waals surface area contributed by atoms with Gasteiger partial charge < -0.3 is 10.6 Å². The number of aromatic nitrogens is 4. The van der Waals surface area contributed by atoms with E-state index < -0.39 is 0 Å². The molecule has 23 heavy (non-hydrogen) atoms. The van der Waals surface area contributed by atoms with E-state index in [1.807, 2.05) is 19.2 Å². The Hall–Kier alpha value is -2.96. The highest BCUT2D eigenvalue weighted by molar-refractivity contribution is 5.96. The number of rotatable bonds is 6. The molecule has 1 amide bonds. The van der Waals surface area contributed by atoms with E-state index in [-0.39, 0.29) is 5.91 Å². The first kappa shape index (κ1) is 15.0. The van der Waals surface area contributed by atoms with E-state index >= 15 is 0 Å². The second-order valence-electron chi connectivity index (χ2n) is 5.17. The van der Waals surface area contributed by atoms with Crippen LogP contribution >= 0.6 is 0 Å². The summed E-state index contributed by atoms with van der Waals surface area (Å²) in [5, 5.41) is 10.3. The Morgan fingerprint density at radius 3 is 3.00 bits per heavy atom. The van der Waals surface area contributed by atoms with Crippen molar-refractivity contribution in [3.63, 3.8) is 0 Å². The molecule has 0 spiro atoms. The zero-order valence-electron chi connectivity index (χ0n) is 12.9. The van der Waals surface area contributed by atoms with E-state index in [9.17, 15) is 4.79 Å². The van der Waals surface area contributed by atoms with Gasteiger partial charge in [0.15, 0.2) is 0 Å². The van der Waals surface area contributed by atoms with Gasteiger partial charge in [-0.25, -0.2) is 0 Å². The van der Waals surface area contributed by atoms with Gasteiger partial charge in [0.2, 0.25) is 0 Å². The molecule has 3 rings (SSSR count). The molecular weight excluding hydrogens is 292 g/mol. The van der Waals surface area contributed by atoms with Gasteiger partial charge in [-0.05, 0) is 24.6 Å². The minimum atomic E-state index is -0.123. The number of pyridine rings is 2. The molecule has 3 aromatic heterocycles. The largest absolute Gasteiger partial charge is 0.384 e. The molecule has 3 heterocycles. The molecule has 0 radical (unpaired) electrons. The third-order valence-electron chi connectivity index (χ3n) is 3.49. The SMILES string of the molecule is Cn1ncc2ncc(C(=O)NCCCNc3cccnc3)cc21. The summed E-state index contributed by atoms with van der Waals surface area (Å²) < 4.78 is 1.71. The second kappa shape index (κ2) is 6.87. The minimum Gasteiger partial charge on any atom is -0.384 e. The molecule has 0 unspecified atom stereocenters. The number of aryl methyl sites for hydroxylation is 1. The lowest BCUT2D eigenvalue weighted by atomic mass is 10.2. The number of fused-ring (bicyclic) bond motifs is 1. The summed E-state index contributed by atoms with van der Waals surface area (Å²) in [5.74, 6) is -0.123. The van der Waals surface area contributed by atoms with Crippen LogP contribution in [0.1, 0.15) is 16.8 Å². The van der Waals surface area contributed by atoms with Crippen LogP contribution in [0.3, 0.4) is 0 Å². The summed E-state index contributed by atoms with van der Waals surface area (Å²) in [6.07, 6.45) is 7.59. The zero-order chi connectivity index (χ0) is 16.1. The van der Waals surface area contributed by atoms with E-state index in [1.165, 1.54) is 0 Å². The predicted octanol–water partition coefficient (Wildman–Crippen LogP) is 1.60. The van der Waals surface area contributed by atoms with Gasteiger partial charge in [-0.1, -0.05) is 0 Å². The maximum absolute atomic E-state index is 12.1. The van der Waals surface area contributed by atoms with Gasteiger partial charge in [0.05, 0.1) is 23.0 Å². The number of hydrogen-bond donors (Lipinski definition) is 2. The van der Waals surface area contributed by atoms with Crippen LogP contribution < -0.4 is 10.6 Å². The van der Waals surface area contributed by atoms with Crippen LogP contribution in [0, 0.1) is 0 Å². The fourth-order valence-corrected chi connectivity index (χ4v) is 2.24. The molecule has 0 aliphatic rings. The number of carbonyl (C=O) groups is 1. The van der Waals surface area contributed by atoms with E-state index in [4.69, 9.17) is 0 Å². The number of nitrogens with one attached hydrogen (secondary N) is 2. The maximum Gasteiger partial charge on any atom is 0.252 e. The highest BCUT2D eigenvalue weighted by Gasteiger charge is 2.08. The third-order valence-corrected chi connectivity index (χ3v) is 3.49. The van der Waals surface area contributed by atoms with Crippen molar-refractivity contribution in [2.24, 2.45) is 7.05 Å². The Morgan fingerprint density at radius 2 is 2.17 bits per heavy atom. The van der Waals surface area contributed by atoms with E-state index in [0.29, 0.717) is 12.1 Å². The first-order valence-electron chi connectivity index (χ1n) is 7.44. The molecule has 0 bridgehead atoms. The van der Waals surface area contributed by atoms with Gasteiger partial charge in [-0.15, -0.1) is 0 Å². The van der Waals surface area contributed by atoms with Gasteiger partial charge in [-0.2, -0.15) is 5.10 Å². The summed E-state index contributed by atoms with van der Waals surface area (Å²) in [5.41, 5.74) is 3.15. The molecule has 0 aliphatic heterocycles. The lowest BCUT2D eigenvalue weighted by molar-refractivity contribution is 0.0953. The fraction of sp³-hybridized carbons (Fsp3) is 0.250. The van der Waals surface area contributed by atoms with E-state index in [0.717, 1.165) is 29.7 Å². The molecular formula is C16H18N6O. The molecule has 0 aromatic carbocycles. The average molecular weight is 310 g/mol. The summed E-state index contributed by atoms with van der Waals surface area (Å²) >= 11 is 0. The lowest BCUT2D eigenvalue weighted by Gasteiger charge is -2.07. The highest BCUT2D eigenvalue weighted by atomic mass is 16.1. The first-order valence-corrected chi connectivity index (χ1v) is 7.44. The van der Waals surface area contributed by atoms with Crippen LogP contribution in [0.2, 0.25) is 0 Å². The van der Waals surface area contributed by atoms with Crippen molar-refractivity contribution in [3.8, 4) is 0 Å². The summed E-state index contributed by atoms with van der Waals surface area (Å²) in [4.78, 5) is 20.4. The van der Waals surface area contributed by atoms with Crippen molar-refractivity contribution in [2.45, 2.75) is 6.42 Å². The Bertz CT molecular complexity index is 799. The first-order chi connectivity index (χ1) is 11.2. The zero-order valence-corrected chi connectivity index (χ0v) is 12.9. The van der Waals surface area contributed by atoms with Gasteiger partial charge in [0, 0.05) is 38.7 Å². The molecule has 3 aromatic rings. The minimum absolute atomic E-state index is 0.123. The van der Waals surface area contributed by atoms with Crippen LogP contribution in [0.25, 0.3) is 11.0 Å². The quantitative estimate of drug-likeness (QED) is 0.676. The molecule has 0 saturated heterocycles. The molecule has 2 N–H and O–H groups in total. The normalized spacial score (nSPS) is 10.7. The van der Waals surface area contributed by atoms with Crippen LogP contribution in [0.15, 0.2) is 43.0 Å². The number of nitrogens with zero attached hydrogens (tertiary/aromatic N) is 4. The Balaban J connectivity index is 1.47. The maximum atomic E-state index is 12.1. The van der Waals surface area contributed by atoms with Gasteiger partial charge in [0.1, 0.15) is 5.52 Å². The smallest absolute Gasteiger partial charge is 0.252 e. The summed E-state index contributed by atoms with van der Waals surface area (Å²) in [7, 11) is 1.83. The topological polar surface area (TPSA) is 84.7 Å². The van der Waals surface area contributed by atoms with Crippen molar-refractivity contribution in [2.75, 3.05) is 18.4 Å². The van der Waals surface area contributed by atoms with Gasteiger partial charge >= 0.3 is 0 Å². The Kier molecular flexibility index (Phi) is 4.46. The monoisotopic (exact) mass is 310 g/mol. The Morgan fingerprint density at radius 1 is 1.26 bits per heavy atom. The van der Waals surface area contributed by atoms with Crippen molar-refractivity contribution < 1.29 is 4.79 Å². The molecule has 0 fully saturated rings. The number of hydrogen-bond acceptors (Lipinski definition) is 5. The summed E-state index contributed by atoms with van der Waals surface area (Å²) in [6.45, 7) is 1.36. The number of anilines is 1. The lowest BCUT2D eigenvalue weighted by Crippen LogP contribution is -2.26. The molecule has 7 nitrogen and oxygen atoms in total. The van der Waals surface area contributed by atoms with Gasteiger partial charge in [0.25, 0.3) is 5.91 Å². The van der Waals surface area contributed by atoms with Crippen molar-refractivity contribution in [1.82, 2.24) is 25.1 Å². The van der Waals surface area contributed by atoms with E-state index in [2.05, 4.69) is 25.7 Å². The third kappa shape index (κ3) is 3.63. The van der Waals surface area contributed by atoms with Crippen molar-refractivity contribution >= 4 is 22.6 Å². The molecule has 0 aliphatic carbocycles. The predicted molar refractivity (Wildman–Crippen MR) is 88.2 cm³/mol. The molecule has 7 heteroatoms. The molecule has 0 atom stereocenters. The second-order valence-corrected chi connectivity index (χ2v) is 5.17. The highest BCUT2D eigenvalue weighted by Crippen LogP contribution is 2.11. The number of carbonyl (C=O) groups excluding carboxylic acids is 1. The molecule has 118 valence electrons. The van der Waals surface area contributed by atoms with Gasteiger partial charge in [-0.3, -0.25) is 19.4 Å². The standard InChI is InChI=1S/C16H18N6O/c1-22-15-8-12(9-20-14(15)11-21-22)16(23)19-7-3-6-18-13-4-2-5-17-10-13/h2,4-5,8-11,18H,3,6-7H2,1H3,(H,19,23). The van der Waals surface area contributed by atoms with Crippen LogP contribution in [0.5, 0.6) is 0 Å². The molecule has 0 saturated carbocycles. The summed E-state index contributed by atoms with van der Waals surface area (Å²) in [6, 6.07) is 5.64. The van der Waals surface area contributed by atoms with E-state index in [1.54, 1.807) is 35.5 Å². The van der Waals surface area contributed by atoms with Crippen LogP contribution in [-0.2, 0) is 7.05 Å². The average Bonchev–Trinajstić information content (AvgIpc) is 2.96. The fourth-order valence-electron chi connectivity index (χ4n) is 2.24. The van der Waals surface area contributed by atoms with Crippen molar-refractivity contribution in [3.05, 3.63) is 48.5 Å². The number of amides is 1. The van der Waals surface area contributed by atoms with Crippen molar-refractivity contribution in [1.29, 1.82) is 0 Å². The Labute approximate surface area is 133 Å². The van der Waals surface area contributed by atoms with Crippen LogP contribution in [0.4, 0.5) is 5.69 Å².